The van der Waals surface area contributed by atoms with Crippen LogP contribution in [0.25, 0.3) is 88.9 Å². The Balaban J connectivity index is 1.19. The van der Waals surface area contributed by atoms with Crippen molar-refractivity contribution < 1.29 is 0 Å². The number of nitrogens with zero attached hydrogens (tertiary/aromatic N) is 2. The summed E-state index contributed by atoms with van der Waals surface area (Å²) in [4.78, 5) is 9.61. The van der Waals surface area contributed by atoms with E-state index in [1.54, 1.807) is 0 Å². The maximum Gasteiger partial charge on any atom is 0.0718 e. The van der Waals surface area contributed by atoms with Gasteiger partial charge < -0.3 is 0 Å². The van der Waals surface area contributed by atoms with E-state index in [0.29, 0.717) is 0 Å². The highest BCUT2D eigenvalue weighted by Crippen LogP contribution is 2.45. The molecule has 2 heterocycles. The van der Waals surface area contributed by atoms with Crippen molar-refractivity contribution >= 4 is 55.4 Å². The number of hydrogen-bond acceptors (Lipinski definition) is 2. The van der Waals surface area contributed by atoms with Gasteiger partial charge in [-0.05, 0) is 102 Å². The average Bonchev–Trinajstić information content (AvgIpc) is 3.19. The summed E-state index contributed by atoms with van der Waals surface area (Å²) < 4.78 is 0. The van der Waals surface area contributed by atoms with E-state index in [-0.39, 0.29) is 5.92 Å². The van der Waals surface area contributed by atoms with Crippen LogP contribution >= 0.6 is 0 Å². The Bertz CT molecular complexity index is 2900. The van der Waals surface area contributed by atoms with Gasteiger partial charge in [0.25, 0.3) is 0 Å². The second kappa shape index (κ2) is 11.6. The van der Waals surface area contributed by atoms with Crippen LogP contribution in [-0.4, -0.2) is 9.97 Å². The average molecular weight is 637 g/mol. The Kier molecular flexibility index (Phi) is 6.67. The van der Waals surface area contributed by atoms with E-state index in [2.05, 4.69) is 157 Å². The molecule has 1 atom stereocenters. The molecule has 0 bridgehead atoms. The molecule has 2 aromatic heterocycles. The van der Waals surface area contributed by atoms with Crippen molar-refractivity contribution in [3.63, 3.8) is 0 Å². The van der Waals surface area contributed by atoms with Crippen LogP contribution in [0.3, 0.4) is 0 Å². The molecule has 0 radical (unpaired) electrons. The molecule has 2 heteroatoms. The molecular weight excluding hydrogens is 605 g/mol. The molecule has 0 fully saturated rings. The minimum Gasteiger partial charge on any atom is -0.256 e. The fraction of sp³-hybridized carbons (Fsp3) is 0.0417. The number of rotatable bonds is 4. The molecule has 1 unspecified atom stereocenters. The molecule has 0 amide bonds. The molecule has 0 aliphatic heterocycles. The van der Waals surface area contributed by atoms with Crippen LogP contribution < -0.4 is 10.4 Å². The highest BCUT2D eigenvalue weighted by molar-refractivity contribution is 6.17. The fourth-order valence-corrected chi connectivity index (χ4v) is 7.98. The monoisotopic (exact) mass is 636 g/mol. The van der Waals surface area contributed by atoms with Gasteiger partial charge in [0, 0.05) is 34.8 Å². The largest absolute Gasteiger partial charge is 0.256 e. The molecule has 9 aromatic rings. The summed E-state index contributed by atoms with van der Waals surface area (Å²) in [6.07, 6.45) is 9.78. The van der Waals surface area contributed by atoms with Crippen LogP contribution in [-0.2, 0) is 0 Å². The van der Waals surface area contributed by atoms with Crippen molar-refractivity contribution in [2.45, 2.75) is 12.3 Å². The van der Waals surface area contributed by atoms with Gasteiger partial charge >= 0.3 is 0 Å². The number of hydrogen-bond donors (Lipinski definition) is 0. The van der Waals surface area contributed by atoms with Gasteiger partial charge in [0.05, 0.1) is 11.2 Å². The topological polar surface area (TPSA) is 25.8 Å². The molecule has 1 aliphatic rings. The van der Waals surface area contributed by atoms with Gasteiger partial charge in [-0.25, -0.2) is 0 Å². The van der Waals surface area contributed by atoms with Crippen molar-refractivity contribution in [3.05, 3.63) is 180 Å². The molecule has 0 saturated heterocycles. The number of fused-ring (bicyclic) bond motifs is 5. The van der Waals surface area contributed by atoms with E-state index in [1.807, 2.05) is 24.5 Å². The van der Waals surface area contributed by atoms with Crippen LogP contribution in [0.15, 0.2) is 164 Å². The molecule has 2 nitrogen and oxygen atoms in total. The Morgan fingerprint density at radius 3 is 2.00 bits per heavy atom. The smallest absolute Gasteiger partial charge is 0.0718 e. The molecular formula is C48H32N2. The predicted octanol–water partition coefficient (Wildman–Crippen LogP) is 10.8. The lowest BCUT2D eigenvalue weighted by Crippen LogP contribution is -2.27. The van der Waals surface area contributed by atoms with Gasteiger partial charge in [-0.2, -0.15) is 0 Å². The summed E-state index contributed by atoms with van der Waals surface area (Å²) in [5.41, 5.74) is 9.11. The predicted molar refractivity (Wildman–Crippen MR) is 210 cm³/mol. The van der Waals surface area contributed by atoms with Crippen LogP contribution in [0, 0.1) is 0 Å². The summed E-state index contributed by atoms with van der Waals surface area (Å²) in [5.74, 6) is 0.249. The first-order valence-corrected chi connectivity index (χ1v) is 17.3. The van der Waals surface area contributed by atoms with Gasteiger partial charge in [0.2, 0.25) is 0 Å². The van der Waals surface area contributed by atoms with Gasteiger partial charge in [-0.3, -0.25) is 9.97 Å². The van der Waals surface area contributed by atoms with Crippen molar-refractivity contribution in [3.8, 4) is 33.5 Å². The number of benzene rings is 7. The van der Waals surface area contributed by atoms with E-state index in [0.717, 1.165) is 39.7 Å². The van der Waals surface area contributed by atoms with E-state index >= 15 is 0 Å². The minimum absolute atomic E-state index is 0.249. The third-order valence-corrected chi connectivity index (χ3v) is 10.4. The summed E-state index contributed by atoms with van der Waals surface area (Å²) in [6.45, 7) is 0. The third-order valence-electron chi connectivity index (χ3n) is 10.4. The zero-order chi connectivity index (χ0) is 33.0. The SMILES string of the molecule is C1=c2ccccc2=CC(c2c3ccccc3c(-c3ccc4ccccc4c3)c3ccc(-c4ccc(-c5cnc6ccccc6c5)nc4)cc23)C1. The summed E-state index contributed by atoms with van der Waals surface area (Å²) in [6, 6.07) is 55.0. The van der Waals surface area contributed by atoms with E-state index in [4.69, 9.17) is 4.98 Å². The molecule has 0 saturated carbocycles. The van der Waals surface area contributed by atoms with Crippen molar-refractivity contribution in [1.29, 1.82) is 0 Å². The first kappa shape index (κ1) is 28.6. The Morgan fingerprint density at radius 2 is 1.12 bits per heavy atom. The minimum atomic E-state index is 0.249. The second-order valence-corrected chi connectivity index (χ2v) is 13.3. The maximum absolute atomic E-state index is 4.94. The van der Waals surface area contributed by atoms with E-state index in [1.165, 1.54) is 59.4 Å². The van der Waals surface area contributed by atoms with Crippen molar-refractivity contribution in [2.24, 2.45) is 0 Å². The Hall–Kier alpha value is -6.38. The highest BCUT2D eigenvalue weighted by Gasteiger charge is 2.22. The molecule has 10 rings (SSSR count). The zero-order valence-electron chi connectivity index (χ0n) is 27.4. The van der Waals surface area contributed by atoms with E-state index in [9.17, 15) is 0 Å². The number of para-hydroxylation sites is 1. The number of pyridine rings is 2. The quantitative estimate of drug-likeness (QED) is 0.180. The summed E-state index contributed by atoms with van der Waals surface area (Å²) in [5, 5.41) is 11.4. The first-order chi connectivity index (χ1) is 24.8. The Labute approximate surface area is 290 Å². The van der Waals surface area contributed by atoms with Crippen LogP contribution in [0.1, 0.15) is 17.9 Å². The molecule has 7 aromatic carbocycles. The Morgan fingerprint density at radius 1 is 0.440 bits per heavy atom. The highest BCUT2D eigenvalue weighted by atomic mass is 14.7. The number of aromatic nitrogens is 2. The van der Waals surface area contributed by atoms with Gasteiger partial charge in [0.15, 0.2) is 0 Å². The lowest BCUT2D eigenvalue weighted by molar-refractivity contribution is 0.940. The fourth-order valence-electron chi connectivity index (χ4n) is 7.98. The summed E-state index contributed by atoms with van der Waals surface area (Å²) >= 11 is 0. The van der Waals surface area contributed by atoms with E-state index < -0.39 is 0 Å². The van der Waals surface area contributed by atoms with Crippen LogP contribution in [0.4, 0.5) is 0 Å². The van der Waals surface area contributed by atoms with Gasteiger partial charge in [-0.15, -0.1) is 0 Å². The first-order valence-electron chi connectivity index (χ1n) is 17.3. The normalized spacial score (nSPS) is 14.0. The molecule has 234 valence electrons. The van der Waals surface area contributed by atoms with Crippen LogP contribution in [0.5, 0.6) is 0 Å². The maximum atomic E-state index is 4.94. The lowest BCUT2D eigenvalue weighted by Gasteiger charge is -2.23. The third kappa shape index (κ3) is 4.80. The molecule has 0 spiro atoms. The zero-order valence-corrected chi connectivity index (χ0v) is 27.4. The second-order valence-electron chi connectivity index (χ2n) is 13.3. The van der Waals surface area contributed by atoms with Gasteiger partial charge in [0.1, 0.15) is 0 Å². The molecule has 50 heavy (non-hydrogen) atoms. The molecule has 0 N–H and O–H groups in total. The molecule has 1 aliphatic carbocycles. The van der Waals surface area contributed by atoms with Crippen LogP contribution in [0.2, 0.25) is 0 Å². The van der Waals surface area contributed by atoms with Gasteiger partial charge in [-0.1, -0.05) is 133 Å². The summed E-state index contributed by atoms with van der Waals surface area (Å²) in [7, 11) is 0. The standard InChI is InChI=1S/C48H32N2/c1-3-11-33-25-37(19-17-31(33)9-1)47-41-14-6-7-15-42(41)48(38-20-18-32-10-2-4-12-34(32)26-38)44-28-35(21-23-43(44)47)39-22-24-46(49-29-39)40-27-36-13-5-8-16-45(36)50-30-40/h1-19,21-30,38H,20H2. The lowest BCUT2D eigenvalue weighted by atomic mass is 9.80. The van der Waals surface area contributed by atoms with Crippen molar-refractivity contribution in [1.82, 2.24) is 9.97 Å². The van der Waals surface area contributed by atoms with Crippen molar-refractivity contribution in [2.75, 3.05) is 0 Å².